The fraction of sp³-hybridized carbons (Fsp3) is 0.762. The second-order valence-electron chi connectivity index (χ2n) is 9.17. The molecule has 4 aliphatic carbocycles. The van der Waals surface area contributed by atoms with Gasteiger partial charge in [0.25, 0.3) is 0 Å². The molecule has 0 aromatic heterocycles. The first-order valence-electron chi connectivity index (χ1n) is 9.99. The third-order valence-electron chi connectivity index (χ3n) is 8.07. The molecule has 0 heterocycles. The lowest BCUT2D eigenvalue weighted by molar-refractivity contribution is -0.142. The van der Waals surface area contributed by atoms with Crippen molar-refractivity contribution < 1.29 is 19.5 Å². The lowest BCUT2D eigenvalue weighted by atomic mass is 9.47. The summed E-state index contributed by atoms with van der Waals surface area (Å²) in [4.78, 5) is 27.7. The van der Waals surface area contributed by atoms with Gasteiger partial charge in [0.05, 0.1) is 5.71 Å². The van der Waals surface area contributed by atoms with E-state index in [4.69, 9.17) is 9.94 Å². The summed E-state index contributed by atoms with van der Waals surface area (Å²) in [5.41, 5.74) is 2.70. The van der Waals surface area contributed by atoms with E-state index in [1.807, 2.05) is 6.08 Å². The van der Waals surface area contributed by atoms with Crippen molar-refractivity contribution in [3.63, 3.8) is 0 Å². The SMILES string of the molecule is C[C@]12CCC(=O)C=C1CCC1C2CC[C@]2(C)C(=NOCC(=O)O)CCC12. The van der Waals surface area contributed by atoms with Gasteiger partial charge in [0.2, 0.25) is 6.61 Å². The van der Waals surface area contributed by atoms with Crippen molar-refractivity contribution in [2.45, 2.75) is 65.2 Å². The van der Waals surface area contributed by atoms with Gasteiger partial charge in [-0.15, -0.1) is 0 Å². The molecule has 0 bridgehead atoms. The zero-order valence-electron chi connectivity index (χ0n) is 15.8. The summed E-state index contributed by atoms with van der Waals surface area (Å²) in [6.45, 7) is 4.34. The number of oxime groups is 1. The van der Waals surface area contributed by atoms with E-state index in [1.165, 1.54) is 12.0 Å². The first-order valence-corrected chi connectivity index (χ1v) is 9.99. The van der Waals surface area contributed by atoms with Gasteiger partial charge in [0.1, 0.15) is 0 Å². The minimum absolute atomic E-state index is 0.0434. The maximum Gasteiger partial charge on any atom is 0.344 e. The predicted octanol–water partition coefficient (Wildman–Crippen LogP) is 3.98. The van der Waals surface area contributed by atoms with Crippen LogP contribution in [0.15, 0.2) is 16.8 Å². The number of carbonyl (C=O) groups excluding carboxylic acids is 1. The van der Waals surface area contributed by atoms with Crippen molar-refractivity contribution in [3.8, 4) is 0 Å². The number of hydrogen-bond acceptors (Lipinski definition) is 4. The lowest BCUT2D eigenvalue weighted by Gasteiger charge is -2.57. The number of carbonyl (C=O) groups is 2. The number of aliphatic carboxylic acids is 1. The number of hydrogen-bond donors (Lipinski definition) is 1. The maximum absolute atomic E-state index is 11.9. The quantitative estimate of drug-likeness (QED) is 0.774. The molecule has 5 nitrogen and oxygen atoms in total. The zero-order valence-corrected chi connectivity index (χ0v) is 15.8. The minimum Gasteiger partial charge on any atom is -0.479 e. The highest BCUT2D eigenvalue weighted by atomic mass is 16.6. The molecule has 1 N–H and O–H groups in total. The molecule has 0 aromatic carbocycles. The Morgan fingerprint density at radius 1 is 1.15 bits per heavy atom. The number of allylic oxidation sites excluding steroid dienone is 1. The van der Waals surface area contributed by atoms with E-state index in [0.717, 1.165) is 44.2 Å². The van der Waals surface area contributed by atoms with Crippen molar-refractivity contribution in [2.24, 2.45) is 33.7 Å². The van der Waals surface area contributed by atoms with Crippen LogP contribution in [0.1, 0.15) is 65.2 Å². The molecule has 26 heavy (non-hydrogen) atoms. The first kappa shape index (κ1) is 17.7. The normalized spacial score (nSPS) is 43.3. The van der Waals surface area contributed by atoms with E-state index in [-0.39, 0.29) is 17.4 Å². The van der Waals surface area contributed by atoms with E-state index in [0.29, 0.717) is 30.0 Å². The second-order valence-corrected chi connectivity index (χ2v) is 9.17. The summed E-state index contributed by atoms with van der Waals surface area (Å²) in [6, 6.07) is 0. The minimum atomic E-state index is -0.982. The Morgan fingerprint density at radius 2 is 1.92 bits per heavy atom. The third-order valence-corrected chi connectivity index (χ3v) is 8.07. The van der Waals surface area contributed by atoms with Crippen molar-refractivity contribution in [1.82, 2.24) is 0 Å². The number of rotatable bonds is 3. The molecule has 4 rings (SSSR count). The summed E-state index contributed by atoms with van der Waals surface area (Å²) in [5.74, 6) is 1.26. The highest BCUT2D eigenvalue weighted by Gasteiger charge is 2.58. The van der Waals surface area contributed by atoms with Gasteiger partial charge in [-0.05, 0) is 74.2 Å². The van der Waals surface area contributed by atoms with Crippen molar-refractivity contribution in [2.75, 3.05) is 6.61 Å². The summed E-state index contributed by atoms with van der Waals surface area (Å²) in [5, 5.41) is 13.0. The van der Waals surface area contributed by atoms with E-state index in [2.05, 4.69) is 19.0 Å². The van der Waals surface area contributed by atoms with Crippen LogP contribution in [0, 0.1) is 28.6 Å². The molecule has 142 valence electrons. The summed E-state index contributed by atoms with van der Waals surface area (Å²) < 4.78 is 0. The van der Waals surface area contributed by atoms with Crippen molar-refractivity contribution in [1.29, 1.82) is 0 Å². The average molecular weight is 359 g/mol. The van der Waals surface area contributed by atoms with Gasteiger partial charge < -0.3 is 9.94 Å². The van der Waals surface area contributed by atoms with Gasteiger partial charge in [-0.1, -0.05) is 24.6 Å². The topological polar surface area (TPSA) is 76.0 Å². The Morgan fingerprint density at radius 3 is 2.69 bits per heavy atom. The molecule has 0 radical (unpaired) electrons. The number of carboxylic acids is 1. The Kier molecular flexibility index (Phi) is 4.24. The van der Waals surface area contributed by atoms with Crippen LogP contribution in [0.25, 0.3) is 0 Å². The summed E-state index contributed by atoms with van der Waals surface area (Å²) in [7, 11) is 0. The van der Waals surface area contributed by atoms with Gasteiger partial charge >= 0.3 is 5.97 Å². The highest BCUT2D eigenvalue weighted by Crippen LogP contribution is 2.64. The van der Waals surface area contributed by atoms with Crippen LogP contribution in [-0.4, -0.2) is 29.2 Å². The molecule has 0 saturated heterocycles. The van der Waals surface area contributed by atoms with Crippen LogP contribution in [0.5, 0.6) is 0 Å². The molecule has 5 atom stereocenters. The maximum atomic E-state index is 11.9. The fourth-order valence-electron chi connectivity index (χ4n) is 6.66. The van der Waals surface area contributed by atoms with Crippen LogP contribution in [0.2, 0.25) is 0 Å². The standard InChI is InChI=1S/C21H29NO4/c1-20-9-7-14(23)11-13(20)3-4-15-16-5-6-18(22-26-12-19(24)25)21(16,2)10-8-17(15)20/h11,15-17H,3-10,12H2,1-2H3,(H,24,25)/t15?,16?,17?,20-,21-/m0/s1. The smallest absolute Gasteiger partial charge is 0.344 e. The average Bonchev–Trinajstić information content (AvgIpc) is 2.92. The molecule has 0 spiro atoms. The van der Waals surface area contributed by atoms with Crippen molar-refractivity contribution in [3.05, 3.63) is 11.6 Å². The van der Waals surface area contributed by atoms with Crippen LogP contribution >= 0.6 is 0 Å². The molecular weight excluding hydrogens is 330 g/mol. The summed E-state index contributed by atoms with van der Waals surface area (Å²) in [6.07, 6.45) is 10.2. The molecular formula is C21H29NO4. The molecule has 3 unspecified atom stereocenters. The monoisotopic (exact) mass is 359 g/mol. The second kappa shape index (κ2) is 6.21. The number of fused-ring (bicyclic) bond motifs is 5. The molecule has 0 aromatic rings. The fourth-order valence-corrected chi connectivity index (χ4v) is 6.66. The van der Waals surface area contributed by atoms with Gasteiger partial charge in [-0.25, -0.2) is 4.79 Å². The molecule has 0 aliphatic heterocycles. The van der Waals surface area contributed by atoms with Crippen LogP contribution < -0.4 is 0 Å². The van der Waals surface area contributed by atoms with Crippen molar-refractivity contribution >= 4 is 17.5 Å². The van der Waals surface area contributed by atoms with Crippen LogP contribution in [0.3, 0.4) is 0 Å². The van der Waals surface area contributed by atoms with E-state index in [9.17, 15) is 9.59 Å². The summed E-state index contributed by atoms with van der Waals surface area (Å²) >= 11 is 0. The largest absolute Gasteiger partial charge is 0.479 e. The number of carboxylic acid groups (broad SMARTS) is 1. The Bertz CT molecular complexity index is 696. The van der Waals surface area contributed by atoms with Gasteiger partial charge in [0, 0.05) is 11.8 Å². The Labute approximate surface area is 154 Å². The molecule has 0 amide bonds. The van der Waals surface area contributed by atoms with Crippen LogP contribution in [0.4, 0.5) is 0 Å². The van der Waals surface area contributed by atoms with Gasteiger partial charge in [-0.3, -0.25) is 4.79 Å². The van der Waals surface area contributed by atoms with E-state index >= 15 is 0 Å². The molecule has 3 fully saturated rings. The lowest BCUT2D eigenvalue weighted by Crippen LogP contribution is -2.50. The van der Waals surface area contributed by atoms with E-state index < -0.39 is 5.97 Å². The molecule has 5 heteroatoms. The molecule has 4 aliphatic rings. The Balaban J connectivity index is 1.57. The van der Waals surface area contributed by atoms with E-state index in [1.54, 1.807) is 0 Å². The van der Waals surface area contributed by atoms with Gasteiger partial charge in [0.15, 0.2) is 5.78 Å². The first-order chi connectivity index (χ1) is 12.3. The third kappa shape index (κ3) is 2.62. The zero-order chi connectivity index (χ0) is 18.5. The number of ketones is 1. The van der Waals surface area contributed by atoms with Gasteiger partial charge in [-0.2, -0.15) is 0 Å². The predicted molar refractivity (Wildman–Crippen MR) is 97.7 cm³/mol. The molecule has 3 saturated carbocycles. The van der Waals surface area contributed by atoms with Crippen LogP contribution in [-0.2, 0) is 14.4 Å². The highest BCUT2D eigenvalue weighted by molar-refractivity contribution is 5.92. The number of nitrogens with zero attached hydrogens (tertiary/aromatic N) is 1. The Hall–Kier alpha value is -1.65.